The Labute approximate surface area is 102 Å². The number of thioether (sulfide) groups is 1. The van der Waals surface area contributed by atoms with Crippen LogP contribution in [0.3, 0.4) is 0 Å². The molecule has 1 aromatic carbocycles. The van der Waals surface area contributed by atoms with Crippen molar-refractivity contribution < 1.29 is 5.11 Å². The fourth-order valence-corrected chi connectivity index (χ4v) is 3.50. The average Bonchev–Trinajstić information content (AvgIpc) is 2.83. The van der Waals surface area contributed by atoms with E-state index in [1.54, 1.807) is 0 Å². The molecule has 0 saturated carbocycles. The minimum absolute atomic E-state index is 0.150. The van der Waals surface area contributed by atoms with Gasteiger partial charge in [-0.2, -0.15) is 11.8 Å². The molecule has 0 amide bonds. The molecule has 1 nitrogen and oxygen atoms in total. The van der Waals surface area contributed by atoms with E-state index in [4.69, 9.17) is 0 Å². The van der Waals surface area contributed by atoms with Gasteiger partial charge in [0.25, 0.3) is 0 Å². The first kappa shape index (κ1) is 12.0. The third-order valence-corrected chi connectivity index (χ3v) is 4.57. The minimum Gasteiger partial charge on any atom is -0.392 e. The Kier molecular flexibility index (Phi) is 4.30. The van der Waals surface area contributed by atoms with Crippen molar-refractivity contribution >= 4 is 11.8 Å². The zero-order valence-electron chi connectivity index (χ0n) is 9.86. The lowest BCUT2D eigenvalue weighted by Gasteiger charge is -2.17. The van der Waals surface area contributed by atoms with Crippen LogP contribution in [0.1, 0.15) is 24.5 Å². The van der Waals surface area contributed by atoms with E-state index in [0.717, 1.165) is 18.6 Å². The number of hydrogen-bond acceptors (Lipinski definition) is 2. The second kappa shape index (κ2) is 5.74. The van der Waals surface area contributed by atoms with Crippen molar-refractivity contribution in [2.24, 2.45) is 5.92 Å². The van der Waals surface area contributed by atoms with E-state index < -0.39 is 0 Å². The van der Waals surface area contributed by atoms with Crippen LogP contribution >= 0.6 is 11.8 Å². The summed E-state index contributed by atoms with van der Waals surface area (Å²) in [6, 6.07) is 8.66. The summed E-state index contributed by atoms with van der Waals surface area (Å²) < 4.78 is 0. The first-order valence-electron chi connectivity index (χ1n) is 6.13. The smallest absolute Gasteiger partial charge is 0.0616 e. The van der Waals surface area contributed by atoms with E-state index in [9.17, 15) is 5.11 Å². The van der Waals surface area contributed by atoms with Gasteiger partial charge in [0.2, 0.25) is 0 Å². The number of aliphatic hydroxyl groups excluding tert-OH is 1. The highest BCUT2D eigenvalue weighted by molar-refractivity contribution is 7.99. The van der Waals surface area contributed by atoms with E-state index in [0.29, 0.717) is 5.92 Å². The van der Waals surface area contributed by atoms with Crippen molar-refractivity contribution in [2.45, 2.75) is 32.3 Å². The van der Waals surface area contributed by atoms with Crippen LogP contribution in [0.25, 0.3) is 0 Å². The monoisotopic (exact) mass is 236 g/mol. The number of hydrogen-bond donors (Lipinski definition) is 1. The fraction of sp³-hybridized carbons (Fsp3) is 0.571. The van der Waals surface area contributed by atoms with Gasteiger partial charge in [-0.3, -0.25) is 0 Å². The molecule has 0 spiro atoms. The van der Waals surface area contributed by atoms with Crippen LogP contribution in [0.5, 0.6) is 0 Å². The van der Waals surface area contributed by atoms with Gasteiger partial charge < -0.3 is 5.11 Å². The summed E-state index contributed by atoms with van der Waals surface area (Å²) in [4.78, 5) is 0. The number of aryl methyl sites for hydroxylation is 1. The predicted octanol–water partition coefficient (Wildman–Crippen LogP) is 2.91. The van der Waals surface area contributed by atoms with Crippen molar-refractivity contribution in [3.63, 3.8) is 0 Å². The maximum atomic E-state index is 10.1. The van der Waals surface area contributed by atoms with Gasteiger partial charge in [-0.25, -0.2) is 0 Å². The van der Waals surface area contributed by atoms with Crippen molar-refractivity contribution in [2.75, 3.05) is 11.5 Å². The van der Waals surface area contributed by atoms with Crippen molar-refractivity contribution in [3.05, 3.63) is 35.4 Å². The molecule has 0 radical (unpaired) electrons. The van der Waals surface area contributed by atoms with Crippen molar-refractivity contribution in [3.8, 4) is 0 Å². The maximum absolute atomic E-state index is 10.1. The molecule has 1 saturated heterocycles. The highest BCUT2D eigenvalue weighted by Crippen LogP contribution is 2.27. The second-order valence-corrected chi connectivity index (χ2v) is 5.72. The lowest BCUT2D eigenvalue weighted by molar-refractivity contribution is 0.120. The molecule has 1 aliphatic heterocycles. The molecule has 1 heterocycles. The molecule has 16 heavy (non-hydrogen) atoms. The molecule has 2 unspecified atom stereocenters. The zero-order chi connectivity index (χ0) is 11.4. The Morgan fingerprint density at radius 3 is 2.56 bits per heavy atom. The second-order valence-electron chi connectivity index (χ2n) is 4.57. The highest BCUT2D eigenvalue weighted by Gasteiger charge is 2.23. The van der Waals surface area contributed by atoms with E-state index in [1.807, 2.05) is 11.8 Å². The predicted molar refractivity (Wildman–Crippen MR) is 71.0 cm³/mol. The summed E-state index contributed by atoms with van der Waals surface area (Å²) in [5.74, 6) is 2.86. The molecule has 88 valence electrons. The number of benzene rings is 1. The van der Waals surface area contributed by atoms with Crippen LogP contribution in [-0.2, 0) is 12.8 Å². The van der Waals surface area contributed by atoms with E-state index in [2.05, 4.69) is 31.2 Å². The lowest BCUT2D eigenvalue weighted by Crippen LogP contribution is -2.22. The largest absolute Gasteiger partial charge is 0.392 e. The van der Waals surface area contributed by atoms with Crippen LogP contribution in [-0.4, -0.2) is 22.7 Å². The Morgan fingerprint density at radius 1 is 1.31 bits per heavy atom. The van der Waals surface area contributed by atoms with Crippen LogP contribution in [0, 0.1) is 5.92 Å². The minimum atomic E-state index is -0.150. The molecule has 2 atom stereocenters. The molecule has 2 rings (SSSR count). The molecule has 1 fully saturated rings. The van der Waals surface area contributed by atoms with Gasteiger partial charge >= 0.3 is 0 Å². The fourth-order valence-electron chi connectivity index (χ4n) is 2.18. The van der Waals surface area contributed by atoms with E-state index >= 15 is 0 Å². The van der Waals surface area contributed by atoms with Gasteiger partial charge in [-0.05, 0) is 47.8 Å². The van der Waals surface area contributed by atoms with Gasteiger partial charge in [0.15, 0.2) is 0 Å². The van der Waals surface area contributed by atoms with Gasteiger partial charge in [0, 0.05) is 0 Å². The van der Waals surface area contributed by atoms with Gasteiger partial charge in [-0.1, -0.05) is 31.2 Å². The summed E-state index contributed by atoms with van der Waals surface area (Å²) in [5, 5.41) is 10.1. The lowest BCUT2D eigenvalue weighted by atomic mass is 9.95. The molecule has 0 aromatic heterocycles. The van der Waals surface area contributed by atoms with Crippen molar-refractivity contribution in [1.82, 2.24) is 0 Å². The quantitative estimate of drug-likeness (QED) is 0.867. The Hall–Kier alpha value is -0.470. The molecule has 1 aromatic rings. The molecule has 0 aliphatic carbocycles. The first-order chi connectivity index (χ1) is 7.79. The normalized spacial score (nSPS) is 22.2. The highest BCUT2D eigenvalue weighted by atomic mass is 32.2. The van der Waals surface area contributed by atoms with Gasteiger partial charge in [0.05, 0.1) is 6.10 Å². The summed E-state index contributed by atoms with van der Waals surface area (Å²) in [7, 11) is 0. The van der Waals surface area contributed by atoms with Gasteiger partial charge in [-0.15, -0.1) is 0 Å². The molecule has 2 heteroatoms. The number of rotatable bonds is 4. The van der Waals surface area contributed by atoms with Gasteiger partial charge in [0.1, 0.15) is 0 Å². The standard InChI is InChI=1S/C14H20OS/c1-2-11-3-5-12(6-4-11)9-14(15)13-7-8-16-10-13/h3-6,13-15H,2,7-10H2,1H3. The summed E-state index contributed by atoms with van der Waals surface area (Å²) in [5.41, 5.74) is 2.64. The molecular formula is C14H20OS. The van der Waals surface area contributed by atoms with Crippen LogP contribution in [0.2, 0.25) is 0 Å². The summed E-state index contributed by atoms with van der Waals surface area (Å²) in [6.45, 7) is 2.17. The average molecular weight is 236 g/mol. The molecule has 1 N–H and O–H groups in total. The number of aliphatic hydroxyl groups is 1. The first-order valence-corrected chi connectivity index (χ1v) is 7.28. The third-order valence-electron chi connectivity index (χ3n) is 3.39. The van der Waals surface area contributed by atoms with Crippen LogP contribution < -0.4 is 0 Å². The van der Waals surface area contributed by atoms with E-state index in [-0.39, 0.29) is 6.10 Å². The Balaban J connectivity index is 1.92. The zero-order valence-corrected chi connectivity index (χ0v) is 10.7. The Bertz CT molecular complexity index is 314. The van der Waals surface area contributed by atoms with Crippen LogP contribution in [0.15, 0.2) is 24.3 Å². The maximum Gasteiger partial charge on any atom is 0.0616 e. The third kappa shape index (κ3) is 3.02. The Morgan fingerprint density at radius 2 is 2.00 bits per heavy atom. The topological polar surface area (TPSA) is 20.2 Å². The molecule has 1 aliphatic rings. The molecular weight excluding hydrogens is 216 g/mol. The van der Waals surface area contributed by atoms with Crippen LogP contribution in [0.4, 0.5) is 0 Å². The van der Waals surface area contributed by atoms with Crippen molar-refractivity contribution in [1.29, 1.82) is 0 Å². The van der Waals surface area contributed by atoms with E-state index in [1.165, 1.54) is 23.3 Å². The SMILES string of the molecule is CCc1ccc(CC(O)C2CCSC2)cc1. The summed E-state index contributed by atoms with van der Waals surface area (Å²) >= 11 is 1.97. The summed E-state index contributed by atoms with van der Waals surface area (Å²) in [6.07, 6.45) is 2.93. The molecule has 0 bridgehead atoms.